The number of aromatic hydroxyl groups is 1. The van der Waals surface area contributed by atoms with Gasteiger partial charge < -0.3 is 15.6 Å². The summed E-state index contributed by atoms with van der Waals surface area (Å²) < 4.78 is 5.03. The molecular weight excluding hydrogens is 226 g/mol. The first kappa shape index (κ1) is 13.1. The lowest BCUT2D eigenvalue weighted by atomic mass is 9.96. The summed E-state index contributed by atoms with van der Waals surface area (Å²) in [5, 5.41) is 10.4. The highest BCUT2D eigenvalue weighted by molar-refractivity contribution is 6.30. The lowest BCUT2D eigenvalue weighted by Gasteiger charge is -2.17. The zero-order valence-electron chi connectivity index (χ0n) is 9.83. The summed E-state index contributed by atoms with van der Waals surface area (Å²) in [5.41, 5.74) is 6.69. The van der Waals surface area contributed by atoms with Crippen LogP contribution in [-0.4, -0.2) is 18.3 Å². The third-order valence-corrected chi connectivity index (χ3v) is 2.87. The number of ether oxygens (including phenoxy) is 1. The minimum Gasteiger partial charge on any atom is -0.504 e. The molecule has 0 radical (unpaired) electrons. The van der Waals surface area contributed by atoms with E-state index in [2.05, 4.69) is 0 Å². The molecule has 1 aromatic carbocycles. The zero-order valence-corrected chi connectivity index (χ0v) is 10.6. The fourth-order valence-electron chi connectivity index (χ4n) is 1.43. The summed E-state index contributed by atoms with van der Waals surface area (Å²) in [6.45, 7) is 4.09. The van der Waals surface area contributed by atoms with Gasteiger partial charge in [-0.25, -0.2) is 0 Å². The molecule has 3 N–H and O–H groups in total. The van der Waals surface area contributed by atoms with E-state index in [0.29, 0.717) is 23.1 Å². The van der Waals surface area contributed by atoms with Gasteiger partial charge in [0.25, 0.3) is 0 Å². The smallest absolute Gasteiger partial charge is 0.162 e. The maximum Gasteiger partial charge on any atom is 0.162 e. The highest BCUT2D eigenvalue weighted by atomic mass is 35.5. The van der Waals surface area contributed by atoms with Gasteiger partial charge in [0.05, 0.1) is 7.11 Å². The first-order chi connectivity index (χ1) is 7.45. The molecular formula is C12H18ClNO2. The van der Waals surface area contributed by atoms with Crippen LogP contribution in [0.5, 0.6) is 11.5 Å². The van der Waals surface area contributed by atoms with Gasteiger partial charge in [-0.2, -0.15) is 0 Å². The second-order valence-electron chi connectivity index (χ2n) is 4.23. The van der Waals surface area contributed by atoms with Crippen molar-refractivity contribution in [2.24, 2.45) is 11.7 Å². The molecule has 0 aliphatic rings. The summed E-state index contributed by atoms with van der Waals surface area (Å²) in [6.07, 6.45) is 0.584. The van der Waals surface area contributed by atoms with Crippen LogP contribution in [0.1, 0.15) is 19.4 Å². The zero-order chi connectivity index (χ0) is 12.3. The Bertz CT molecular complexity index is 366. The Hall–Kier alpha value is -0.930. The SMILES string of the molecule is COc1cc(Cl)cc(CC(N)C(C)C)c1O. The molecule has 0 aromatic heterocycles. The minimum absolute atomic E-state index is 0.00549. The number of nitrogens with two attached hydrogens (primary N) is 1. The first-order valence-corrected chi connectivity index (χ1v) is 5.64. The van der Waals surface area contributed by atoms with E-state index in [1.807, 2.05) is 13.8 Å². The van der Waals surface area contributed by atoms with Crippen LogP contribution in [0.3, 0.4) is 0 Å². The monoisotopic (exact) mass is 243 g/mol. The third-order valence-electron chi connectivity index (χ3n) is 2.65. The number of phenols is 1. The largest absolute Gasteiger partial charge is 0.504 e. The van der Waals surface area contributed by atoms with E-state index in [9.17, 15) is 5.11 Å². The lowest BCUT2D eigenvalue weighted by Crippen LogP contribution is -2.28. The second kappa shape index (κ2) is 5.41. The molecule has 1 rings (SSSR count). The van der Waals surface area contributed by atoms with Gasteiger partial charge in [-0.1, -0.05) is 25.4 Å². The van der Waals surface area contributed by atoms with Gasteiger partial charge in [0.2, 0.25) is 0 Å². The maximum atomic E-state index is 9.90. The van der Waals surface area contributed by atoms with Gasteiger partial charge in [0.1, 0.15) is 0 Å². The van der Waals surface area contributed by atoms with Crippen LogP contribution in [0.25, 0.3) is 0 Å². The second-order valence-corrected chi connectivity index (χ2v) is 4.66. The van der Waals surface area contributed by atoms with Crippen LogP contribution in [0.15, 0.2) is 12.1 Å². The quantitative estimate of drug-likeness (QED) is 0.855. The van der Waals surface area contributed by atoms with Crippen LogP contribution in [0.4, 0.5) is 0 Å². The first-order valence-electron chi connectivity index (χ1n) is 5.26. The van der Waals surface area contributed by atoms with Crippen molar-refractivity contribution < 1.29 is 9.84 Å². The topological polar surface area (TPSA) is 55.5 Å². The van der Waals surface area contributed by atoms with Gasteiger partial charge >= 0.3 is 0 Å². The van der Waals surface area contributed by atoms with E-state index in [0.717, 1.165) is 5.56 Å². The number of benzene rings is 1. The van der Waals surface area contributed by atoms with Crippen molar-refractivity contribution in [1.29, 1.82) is 0 Å². The van der Waals surface area contributed by atoms with E-state index in [1.54, 1.807) is 12.1 Å². The van der Waals surface area contributed by atoms with Gasteiger partial charge in [-0.05, 0) is 18.4 Å². The molecule has 90 valence electrons. The lowest BCUT2D eigenvalue weighted by molar-refractivity contribution is 0.368. The minimum atomic E-state index is -0.00549. The van der Waals surface area contributed by atoms with Crippen LogP contribution in [0, 0.1) is 5.92 Å². The standard InChI is InChI=1S/C12H18ClNO2/c1-7(2)10(14)5-8-4-9(13)6-11(16-3)12(8)15/h4,6-7,10,15H,5,14H2,1-3H3. The normalized spacial score (nSPS) is 12.9. The number of hydrogen-bond donors (Lipinski definition) is 2. The van der Waals surface area contributed by atoms with Crippen LogP contribution < -0.4 is 10.5 Å². The number of hydrogen-bond acceptors (Lipinski definition) is 3. The number of rotatable bonds is 4. The molecule has 0 heterocycles. The Labute approximate surface area is 101 Å². The summed E-state index contributed by atoms with van der Waals surface area (Å²) in [6, 6.07) is 3.30. The average Bonchev–Trinajstić information content (AvgIpc) is 2.22. The molecule has 1 atom stereocenters. The average molecular weight is 244 g/mol. The molecule has 3 nitrogen and oxygen atoms in total. The molecule has 1 aromatic rings. The van der Waals surface area contributed by atoms with E-state index in [1.165, 1.54) is 7.11 Å². The van der Waals surface area contributed by atoms with Crippen LogP contribution in [0.2, 0.25) is 5.02 Å². The Morgan fingerprint density at radius 3 is 2.56 bits per heavy atom. The van der Waals surface area contributed by atoms with Gasteiger partial charge in [0, 0.05) is 22.7 Å². The van der Waals surface area contributed by atoms with E-state index < -0.39 is 0 Å². The molecule has 0 fully saturated rings. The molecule has 0 amide bonds. The molecule has 0 bridgehead atoms. The fraction of sp³-hybridized carbons (Fsp3) is 0.500. The van der Waals surface area contributed by atoms with Crippen molar-refractivity contribution in [3.05, 3.63) is 22.7 Å². The van der Waals surface area contributed by atoms with E-state index in [4.69, 9.17) is 22.1 Å². The number of halogens is 1. The fourth-order valence-corrected chi connectivity index (χ4v) is 1.66. The molecule has 4 heteroatoms. The van der Waals surface area contributed by atoms with Crippen LogP contribution in [-0.2, 0) is 6.42 Å². The molecule has 0 saturated heterocycles. The summed E-state index contributed by atoms with van der Waals surface area (Å²) in [5.74, 6) is 0.867. The maximum absolute atomic E-state index is 9.90. The summed E-state index contributed by atoms with van der Waals surface area (Å²) in [7, 11) is 1.50. The molecule has 1 unspecified atom stereocenters. The third kappa shape index (κ3) is 3.03. The molecule has 0 aliphatic carbocycles. The van der Waals surface area contributed by atoms with Crippen molar-refractivity contribution in [3.63, 3.8) is 0 Å². The van der Waals surface area contributed by atoms with Crippen molar-refractivity contribution in [2.45, 2.75) is 26.3 Å². The van der Waals surface area contributed by atoms with Gasteiger partial charge in [0.15, 0.2) is 11.5 Å². The molecule has 16 heavy (non-hydrogen) atoms. The van der Waals surface area contributed by atoms with Gasteiger partial charge in [-0.15, -0.1) is 0 Å². The molecule has 0 aliphatic heterocycles. The Morgan fingerprint density at radius 2 is 2.06 bits per heavy atom. The molecule has 0 spiro atoms. The summed E-state index contributed by atoms with van der Waals surface area (Å²) >= 11 is 5.93. The highest BCUT2D eigenvalue weighted by Crippen LogP contribution is 2.34. The molecule has 0 saturated carbocycles. The Kier molecular flexibility index (Phi) is 4.44. The number of phenolic OH excluding ortho intramolecular Hbond substituents is 1. The van der Waals surface area contributed by atoms with Crippen molar-refractivity contribution in [2.75, 3.05) is 7.11 Å². The van der Waals surface area contributed by atoms with Crippen molar-refractivity contribution >= 4 is 11.6 Å². The Balaban J connectivity index is 2.99. The van der Waals surface area contributed by atoms with Crippen molar-refractivity contribution in [1.82, 2.24) is 0 Å². The Morgan fingerprint density at radius 1 is 1.44 bits per heavy atom. The predicted octanol–water partition coefficient (Wildman–Crippen LogP) is 2.58. The van der Waals surface area contributed by atoms with Crippen molar-refractivity contribution in [3.8, 4) is 11.5 Å². The van der Waals surface area contributed by atoms with Gasteiger partial charge in [-0.3, -0.25) is 0 Å². The van der Waals surface area contributed by atoms with E-state index >= 15 is 0 Å². The van der Waals surface area contributed by atoms with Crippen LogP contribution >= 0.6 is 11.6 Å². The predicted molar refractivity (Wildman–Crippen MR) is 66.2 cm³/mol. The highest BCUT2D eigenvalue weighted by Gasteiger charge is 2.15. The summed E-state index contributed by atoms with van der Waals surface area (Å²) in [4.78, 5) is 0. The van der Waals surface area contributed by atoms with E-state index in [-0.39, 0.29) is 11.8 Å². The number of methoxy groups -OCH3 is 1.